The van der Waals surface area contributed by atoms with Crippen LogP contribution in [-0.2, 0) is 14.3 Å². The quantitative estimate of drug-likeness (QED) is 0.626. The minimum absolute atomic E-state index is 0.0357. The number of hydrogen-bond acceptors (Lipinski definition) is 6. The van der Waals surface area contributed by atoms with Gasteiger partial charge in [-0.1, -0.05) is 56.3 Å². The molecule has 0 bridgehead atoms. The van der Waals surface area contributed by atoms with Crippen LogP contribution >= 0.6 is 11.8 Å². The number of carbonyl (C=O) groups excluding carboxylic acids is 2. The third-order valence-electron chi connectivity index (χ3n) is 5.41. The first-order chi connectivity index (χ1) is 14.8. The maximum absolute atomic E-state index is 12.9. The number of thioether (sulfide) groups is 1. The van der Waals surface area contributed by atoms with Crippen molar-refractivity contribution in [1.82, 2.24) is 10.2 Å². The average Bonchev–Trinajstić information content (AvgIpc) is 3.14. The molecule has 1 aromatic carbocycles. The molecule has 0 saturated heterocycles. The van der Waals surface area contributed by atoms with Gasteiger partial charge >= 0.3 is 5.97 Å². The molecule has 1 atom stereocenters. The number of ether oxygens (including phenoxy) is 1. The molecular formula is C24H31N3O3S. The van der Waals surface area contributed by atoms with Gasteiger partial charge < -0.3 is 15.0 Å². The van der Waals surface area contributed by atoms with E-state index in [-0.39, 0.29) is 24.3 Å². The number of nitrogens with zero attached hydrogens (tertiary/aromatic N) is 2. The summed E-state index contributed by atoms with van der Waals surface area (Å²) < 4.78 is 5.18. The summed E-state index contributed by atoms with van der Waals surface area (Å²) in [6.07, 6.45) is 0.851. The van der Waals surface area contributed by atoms with Gasteiger partial charge in [-0.25, -0.2) is 9.79 Å². The van der Waals surface area contributed by atoms with Crippen LogP contribution in [0.4, 0.5) is 0 Å². The van der Waals surface area contributed by atoms with Crippen molar-refractivity contribution in [3.05, 3.63) is 57.3 Å². The number of aliphatic imine (C=N–C) groups is 1. The third kappa shape index (κ3) is 4.87. The van der Waals surface area contributed by atoms with Crippen molar-refractivity contribution in [3.8, 4) is 0 Å². The Morgan fingerprint density at radius 1 is 1.29 bits per heavy atom. The van der Waals surface area contributed by atoms with Gasteiger partial charge in [0.2, 0.25) is 5.91 Å². The predicted molar refractivity (Wildman–Crippen MR) is 125 cm³/mol. The molecule has 0 aliphatic carbocycles. The lowest BCUT2D eigenvalue weighted by atomic mass is 9.89. The molecule has 2 aliphatic rings. The molecule has 31 heavy (non-hydrogen) atoms. The molecule has 1 amide bonds. The van der Waals surface area contributed by atoms with Crippen LogP contribution in [0, 0.1) is 19.8 Å². The molecule has 1 aromatic rings. The molecule has 0 unspecified atom stereocenters. The minimum atomic E-state index is -0.383. The van der Waals surface area contributed by atoms with Gasteiger partial charge in [-0.3, -0.25) is 4.79 Å². The Bertz CT molecular complexity index is 978. The largest absolute Gasteiger partial charge is 0.466 e. The number of rotatable bonds is 7. The number of amides is 1. The lowest BCUT2D eigenvalue weighted by Gasteiger charge is -2.37. The van der Waals surface area contributed by atoms with E-state index in [0.29, 0.717) is 24.5 Å². The highest BCUT2D eigenvalue weighted by Gasteiger charge is 2.42. The fraction of sp³-hybridized carbons (Fsp3) is 0.458. The predicted octanol–water partition coefficient (Wildman–Crippen LogP) is 4.60. The van der Waals surface area contributed by atoms with Crippen molar-refractivity contribution < 1.29 is 14.3 Å². The lowest BCUT2D eigenvalue weighted by molar-refractivity contribution is -0.136. The van der Waals surface area contributed by atoms with E-state index in [1.54, 1.807) is 0 Å². The topological polar surface area (TPSA) is 71.0 Å². The van der Waals surface area contributed by atoms with E-state index in [2.05, 4.69) is 37.4 Å². The Hall–Kier alpha value is -2.54. The fourth-order valence-corrected chi connectivity index (χ4v) is 4.74. The second-order valence-corrected chi connectivity index (χ2v) is 9.17. The molecule has 0 aromatic heterocycles. The lowest BCUT2D eigenvalue weighted by Crippen LogP contribution is -2.38. The summed E-state index contributed by atoms with van der Waals surface area (Å²) >= 11 is 1.50. The average molecular weight is 442 g/mol. The number of carbonyl (C=O) groups is 2. The summed E-state index contributed by atoms with van der Waals surface area (Å²) in [4.78, 5) is 32.3. The fourth-order valence-electron chi connectivity index (χ4n) is 3.81. The number of amidine groups is 1. The Labute approximate surface area is 188 Å². The molecule has 0 spiro atoms. The third-order valence-corrected chi connectivity index (χ3v) is 6.30. The molecular weight excluding hydrogens is 410 g/mol. The number of allylic oxidation sites excluding steroid dienone is 1. The molecule has 1 N–H and O–H groups in total. The SMILES string of the molecule is CCC1=C(C(=O)OC)[C@H](c2cc(C)ccc2C)N2C(CC(=O)NCC(C)C)=CSC2=N1. The Kier molecular flexibility index (Phi) is 7.26. The maximum Gasteiger partial charge on any atom is 0.338 e. The highest BCUT2D eigenvalue weighted by molar-refractivity contribution is 8.16. The zero-order chi connectivity index (χ0) is 22.7. The van der Waals surface area contributed by atoms with Crippen LogP contribution in [0.5, 0.6) is 0 Å². The number of hydrogen-bond donors (Lipinski definition) is 1. The number of nitrogens with one attached hydrogen (secondary N) is 1. The van der Waals surface area contributed by atoms with Crippen molar-refractivity contribution in [3.63, 3.8) is 0 Å². The molecule has 3 rings (SSSR count). The van der Waals surface area contributed by atoms with Crippen LogP contribution < -0.4 is 5.32 Å². The second-order valence-electron chi connectivity index (χ2n) is 8.33. The summed E-state index contributed by atoms with van der Waals surface area (Å²) in [5.74, 6) is -0.0378. The summed E-state index contributed by atoms with van der Waals surface area (Å²) in [5.41, 5.74) is 5.32. The van der Waals surface area contributed by atoms with Crippen molar-refractivity contribution >= 4 is 28.8 Å². The summed E-state index contributed by atoms with van der Waals surface area (Å²) in [6.45, 7) is 10.8. The first-order valence-electron chi connectivity index (χ1n) is 10.7. The van der Waals surface area contributed by atoms with Crippen molar-refractivity contribution in [2.24, 2.45) is 10.9 Å². The summed E-state index contributed by atoms with van der Waals surface area (Å²) in [5, 5.41) is 5.75. The number of fused-ring (bicyclic) bond motifs is 1. The van der Waals surface area contributed by atoms with Gasteiger partial charge in [0.05, 0.1) is 30.8 Å². The van der Waals surface area contributed by atoms with Gasteiger partial charge in [-0.05, 0) is 42.7 Å². The van der Waals surface area contributed by atoms with E-state index in [4.69, 9.17) is 9.73 Å². The molecule has 6 nitrogen and oxygen atoms in total. The van der Waals surface area contributed by atoms with E-state index in [1.165, 1.54) is 18.9 Å². The molecule has 0 fully saturated rings. The van der Waals surface area contributed by atoms with Gasteiger partial charge in [0.25, 0.3) is 0 Å². The number of benzene rings is 1. The highest BCUT2D eigenvalue weighted by atomic mass is 32.2. The zero-order valence-corrected chi connectivity index (χ0v) is 19.9. The highest BCUT2D eigenvalue weighted by Crippen LogP contribution is 2.46. The monoisotopic (exact) mass is 441 g/mol. The van der Waals surface area contributed by atoms with E-state index < -0.39 is 0 Å². The van der Waals surface area contributed by atoms with Gasteiger partial charge in [0, 0.05) is 12.2 Å². The Balaban J connectivity index is 2.07. The van der Waals surface area contributed by atoms with E-state index in [9.17, 15) is 9.59 Å². The standard InChI is InChI=1S/C24H31N3O3S/c1-7-19-21(23(29)30-6)22(18-10-15(4)8-9-16(18)5)27-17(13-31-24(27)26-19)11-20(28)25-12-14(2)3/h8-10,13-14,22H,7,11-12H2,1-6H3,(H,25,28)/t22-/m0/s1. The van der Waals surface area contributed by atoms with Crippen LogP contribution in [0.25, 0.3) is 0 Å². The first-order valence-corrected chi connectivity index (χ1v) is 11.5. The van der Waals surface area contributed by atoms with Gasteiger partial charge in [-0.15, -0.1) is 0 Å². The van der Waals surface area contributed by atoms with Crippen molar-refractivity contribution in [2.75, 3.05) is 13.7 Å². The molecule has 0 radical (unpaired) electrons. The minimum Gasteiger partial charge on any atom is -0.466 e. The van der Waals surface area contributed by atoms with Crippen LogP contribution in [0.1, 0.15) is 56.3 Å². The second kappa shape index (κ2) is 9.73. The molecule has 2 aliphatic heterocycles. The molecule has 166 valence electrons. The molecule has 7 heteroatoms. The number of aryl methyl sites for hydroxylation is 2. The van der Waals surface area contributed by atoms with Crippen LogP contribution in [-0.4, -0.2) is 35.6 Å². The van der Waals surface area contributed by atoms with Crippen LogP contribution in [0.2, 0.25) is 0 Å². The van der Waals surface area contributed by atoms with E-state index in [0.717, 1.165) is 33.3 Å². The summed E-state index contributed by atoms with van der Waals surface area (Å²) in [7, 11) is 1.40. The smallest absolute Gasteiger partial charge is 0.338 e. The van der Waals surface area contributed by atoms with E-state index in [1.807, 2.05) is 31.1 Å². The van der Waals surface area contributed by atoms with Gasteiger partial charge in [-0.2, -0.15) is 0 Å². The first kappa shape index (κ1) is 23.1. The number of esters is 1. The van der Waals surface area contributed by atoms with Crippen molar-refractivity contribution in [1.29, 1.82) is 0 Å². The number of methoxy groups -OCH3 is 1. The molecule has 2 heterocycles. The Morgan fingerprint density at radius 3 is 2.68 bits per heavy atom. The van der Waals surface area contributed by atoms with Crippen molar-refractivity contribution in [2.45, 2.75) is 53.5 Å². The normalized spacial score (nSPS) is 18.0. The van der Waals surface area contributed by atoms with E-state index >= 15 is 0 Å². The van der Waals surface area contributed by atoms with Gasteiger partial charge in [0.1, 0.15) is 0 Å². The zero-order valence-electron chi connectivity index (χ0n) is 19.1. The van der Waals surface area contributed by atoms with Crippen LogP contribution in [0.15, 0.2) is 45.6 Å². The van der Waals surface area contributed by atoms with Gasteiger partial charge in [0.15, 0.2) is 5.17 Å². The molecule has 0 saturated carbocycles. The summed E-state index contributed by atoms with van der Waals surface area (Å²) in [6, 6.07) is 5.86. The van der Waals surface area contributed by atoms with Crippen LogP contribution in [0.3, 0.4) is 0 Å². The Morgan fingerprint density at radius 2 is 2.03 bits per heavy atom. The maximum atomic E-state index is 12.9.